The molecule has 15 heavy (non-hydrogen) atoms. The Balaban J connectivity index is 3.40. The number of nitriles is 1. The lowest BCUT2D eigenvalue weighted by Gasteiger charge is -2.04. The van der Waals surface area contributed by atoms with Gasteiger partial charge in [0.05, 0.1) is 24.3 Å². The van der Waals surface area contributed by atoms with Gasteiger partial charge in [-0.15, -0.1) is 0 Å². The first-order chi connectivity index (χ1) is 7.13. The zero-order valence-electron chi connectivity index (χ0n) is 7.78. The molecule has 0 saturated heterocycles. The maximum atomic E-state index is 11.3. The van der Waals surface area contributed by atoms with Crippen LogP contribution in [0.2, 0.25) is 0 Å². The Hall–Kier alpha value is -1.67. The van der Waals surface area contributed by atoms with Gasteiger partial charge in [0, 0.05) is 10.0 Å². The fourth-order valence-corrected chi connectivity index (χ4v) is 1.56. The largest absolute Gasteiger partial charge is 0.465 e. The summed E-state index contributed by atoms with van der Waals surface area (Å²) in [6.45, 7) is 0. The first-order valence-electron chi connectivity index (χ1n) is 3.91. The molecule has 0 spiro atoms. The monoisotopic (exact) mass is 267 g/mol. The van der Waals surface area contributed by atoms with Crippen molar-refractivity contribution in [1.29, 1.82) is 5.26 Å². The van der Waals surface area contributed by atoms with E-state index in [9.17, 15) is 9.59 Å². The van der Waals surface area contributed by atoms with Crippen molar-refractivity contribution in [3.8, 4) is 6.07 Å². The van der Waals surface area contributed by atoms with Crippen molar-refractivity contribution in [2.24, 2.45) is 0 Å². The van der Waals surface area contributed by atoms with Crippen LogP contribution in [0.5, 0.6) is 0 Å². The first kappa shape index (κ1) is 11.4. The van der Waals surface area contributed by atoms with Crippen molar-refractivity contribution >= 4 is 28.2 Å². The summed E-state index contributed by atoms with van der Waals surface area (Å²) in [5, 5.41) is 8.71. The highest BCUT2D eigenvalue weighted by Crippen LogP contribution is 2.21. The summed E-state index contributed by atoms with van der Waals surface area (Å²) in [6.07, 6.45) is 0.525. The molecule has 1 aromatic carbocycles. The van der Waals surface area contributed by atoms with Crippen LogP contribution in [0.4, 0.5) is 0 Å². The summed E-state index contributed by atoms with van der Waals surface area (Å²) in [4.78, 5) is 21.9. The number of carbonyl (C=O) groups excluding carboxylic acids is 2. The van der Waals surface area contributed by atoms with E-state index in [2.05, 4.69) is 20.7 Å². The molecule has 0 fully saturated rings. The van der Waals surface area contributed by atoms with Crippen molar-refractivity contribution in [3.05, 3.63) is 33.3 Å². The molecule has 0 aliphatic carbocycles. The van der Waals surface area contributed by atoms with E-state index in [0.717, 1.165) is 0 Å². The molecule has 0 unspecified atom stereocenters. The van der Waals surface area contributed by atoms with Gasteiger partial charge in [-0.05, 0) is 28.1 Å². The van der Waals surface area contributed by atoms with Gasteiger partial charge in [0.25, 0.3) is 0 Å². The molecule has 0 radical (unpaired) electrons. The van der Waals surface area contributed by atoms with Crippen molar-refractivity contribution < 1.29 is 14.3 Å². The van der Waals surface area contributed by atoms with Crippen LogP contribution in [0.15, 0.2) is 16.6 Å². The van der Waals surface area contributed by atoms with E-state index in [1.54, 1.807) is 0 Å². The molecule has 0 aromatic heterocycles. The SMILES string of the molecule is COC(=O)c1cc(C=O)c(C#N)cc1Br. The van der Waals surface area contributed by atoms with Crippen LogP contribution >= 0.6 is 15.9 Å². The number of hydrogen-bond donors (Lipinski definition) is 0. The average molecular weight is 268 g/mol. The molecule has 0 saturated carbocycles. The molecule has 0 amide bonds. The molecule has 0 heterocycles. The molecule has 0 N–H and O–H groups in total. The molecule has 4 nitrogen and oxygen atoms in total. The number of aldehydes is 1. The van der Waals surface area contributed by atoms with Gasteiger partial charge < -0.3 is 4.74 Å². The molecule has 1 rings (SSSR count). The minimum absolute atomic E-state index is 0.168. The van der Waals surface area contributed by atoms with Gasteiger partial charge in [0.2, 0.25) is 0 Å². The standard InChI is InChI=1S/C10H6BrNO3/c1-15-10(14)8-2-7(5-13)6(4-12)3-9(8)11/h2-3,5H,1H3. The van der Waals surface area contributed by atoms with E-state index in [0.29, 0.717) is 10.8 Å². The third-order valence-corrected chi connectivity index (χ3v) is 2.45. The Morgan fingerprint density at radius 3 is 2.73 bits per heavy atom. The minimum atomic E-state index is -0.561. The Bertz CT molecular complexity index is 462. The summed E-state index contributed by atoms with van der Waals surface area (Å²) in [7, 11) is 1.24. The van der Waals surface area contributed by atoms with E-state index in [-0.39, 0.29) is 16.7 Å². The molecule has 0 bridgehead atoms. The Kier molecular flexibility index (Phi) is 3.58. The molecule has 0 atom stereocenters. The Labute approximate surface area is 94.6 Å². The maximum absolute atomic E-state index is 11.3. The van der Waals surface area contributed by atoms with Crippen LogP contribution in [0, 0.1) is 11.3 Å². The number of benzene rings is 1. The molecule has 5 heteroatoms. The number of esters is 1. The van der Waals surface area contributed by atoms with E-state index < -0.39 is 5.97 Å². The average Bonchev–Trinajstić information content (AvgIpc) is 2.27. The number of hydrogen-bond acceptors (Lipinski definition) is 4. The van der Waals surface area contributed by atoms with Gasteiger partial charge in [-0.25, -0.2) is 4.79 Å². The number of halogens is 1. The van der Waals surface area contributed by atoms with Crippen molar-refractivity contribution in [2.45, 2.75) is 0 Å². The highest BCUT2D eigenvalue weighted by atomic mass is 79.9. The van der Waals surface area contributed by atoms with E-state index in [1.807, 2.05) is 6.07 Å². The normalized spacial score (nSPS) is 9.13. The van der Waals surface area contributed by atoms with Crippen LogP contribution < -0.4 is 0 Å². The van der Waals surface area contributed by atoms with Gasteiger partial charge >= 0.3 is 5.97 Å². The van der Waals surface area contributed by atoms with E-state index in [1.165, 1.54) is 19.2 Å². The van der Waals surface area contributed by atoms with Crippen molar-refractivity contribution in [3.63, 3.8) is 0 Å². The Morgan fingerprint density at radius 2 is 2.27 bits per heavy atom. The number of carbonyl (C=O) groups is 2. The van der Waals surface area contributed by atoms with Gasteiger partial charge in [-0.3, -0.25) is 4.79 Å². The molecular formula is C10H6BrNO3. The quantitative estimate of drug-likeness (QED) is 0.607. The van der Waals surface area contributed by atoms with Gasteiger partial charge in [0.15, 0.2) is 6.29 Å². The van der Waals surface area contributed by atoms with Crippen LogP contribution in [0.1, 0.15) is 26.3 Å². The van der Waals surface area contributed by atoms with Crippen LogP contribution in [0.3, 0.4) is 0 Å². The molecule has 0 aliphatic rings. The summed E-state index contributed by atoms with van der Waals surface area (Å²) in [5.74, 6) is -0.561. The summed E-state index contributed by atoms with van der Waals surface area (Å²) in [6, 6.07) is 4.59. The number of rotatable bonds is 2. The van der Waals surface area contributed by atoms with Crippen molar-refractivity contribution in [1.82, 2.24) is 0 Å². The summed E-state index contributed by atoms with van der Waals surface area (Å²) >= 11 is 3.12. The second-order valence-electron chi connectivity index (χ2n) is 2.64. The van der Waals surface area contributed by atoms with Gasteiger partial charge in [-0.1, -0.05) is 0 Å². The van der Waals surface area contributed by atoms with E-state index in [4.69, 9.17) is 5.26 Å². The smallest absolute Gasteiger partial charge is 0.339 e. The molecular weight excluding hydrogens is 262 g/mol. The first-order valence-corrected chi connectivity index (χ1v) is 4.70. The molecule has 76 valence electrons. The molecule has 1 aromatic rings. The lowest BCUT2D eigenvalue weighted by atomic mass is 10.1. The highest BCUT2D eigenvalue weighted by Gasteiger charge is 2.14. The second-order valence-corrected chi connectivity index (χ2v) is 3.49. The fourth-order valence-electron chi connectivity index (χ4n) is 1.05. The number of ether oxygens (including phenoxy) is 1. The minimum Gasteiger partial charge on any atom is -0.465 e. The van der Waals surface area contributed by atoms with Crippen LogP contribution in [-0.4, -0.2) is 19.4 Å². The third kappa shape index (κ3) is 2.22. The zero-order chi connectivity index (χ0) is 11.4. The summed E-state index contributed by atoms with van der Waals surface area (Å²) in [5.41, 5.74) is 0.601. The van der Waals surface area contributed by atoms with Gasteiger partial charge in [-0.2, -0.15) is 5.26 Å². The number of nitrogens with zero attached hydrogens (tertiary/aromatic N) is 1. The number of methoxy groups -OCH3 is 1. The zero-order valence-corrected chi connectivity index (χ0v) is 9.37. The maximum Gasteiger partial charge on any atom is 0.339 e. The fraction of sp³-hybridized carbons (Fsp3) is 0.100. The third-order valence-electron chi connectivity index (χ3n) is 1.79. The second kappa shape index (κ2) is 4.71. The van der Waals surface area contributed by atoms with Crippen molar-refractivity contribution in [2.75, 3.05) is 7.11 Å². The summed E-state index contributed by atoms with van der Waals surface area (Å²) < 4.78 is 4.95. The van der Waals surface area contributed by atoms with E-state index >= 15 is 0 Å². The topological polar surface area (TPSA) is 67.2 Å². The lowest BCUT2D eigenvalue weighted by molar-refractivity contribution is 0.0599. The lowest BCUT2D eigenvalue weighted by Crippen LogP contribution is -2.04. The predicted octanol–water partition coefficient (Wildman–Crippen LogP) is 1.92. The predicted molar refractivity (Wildman–Crippen MR) is 55.6 cm³/mol. The van der Waals surface area contributed by atoms with Crippen LogP contribution in [-0.2, 0) is 4.74 Å². The Morgan fingerprint density at radius 1 is 1.60 bits per heavy atom. The highest BCUT2D eigenvalue weighted by molar-refractivity contribution is 9.10. The van der Waals surface area contributed by atoms with Gasteiger partial charge in [0.1, 0.15) is 0 Å². The van der Waals surface area contributed by atoms with Crippen LogP contribution in [0.25, 0.3) is 0 Å². The molecule has 0 aliphatic heterocycles.